The van der Waals surface area contributed by atoms with Gasteiger partial charge < -0.3 is 10.1 Å². The molecule has 0 amide bonds. The number of fused-ring (bicyclic) bond motifs is 1. The highest BCUT2D eigenvalue weighted by Crippen LogP contribution is 2.52. The third-order valence-corrected chi connectivity index (χ3v) is 4.67. The van der Waals surface area contributed by atoms with E-state index in [1.165, 1.54) is 24.0 Å². The van der Waals surface area contributed by atoms with E-state index in [9.17, 15) is 0 Å². The van der Waals surface area contributed by atoms with Gasteiger partial charge in [-0.25, -0.2) is 0 Å². The average molecular weight is 245 g/mol. The molecule has 1 heterocycles. The molecule has 0 spiro atoms. The first-order valence-corrected chi connectivity index (χ1v) is 7.15. The average Bonchev–Trinajstić information content (AvgIpc) is 3.22. The second-order valence-electron chi connectivity index (χ2n) is 5.88. The molecule has 2 heteroatoms. The molecule has 18 heavy (non-hydrogen) atoms. The molecule has 1 aliphatic carbocycles. The summed E-state index contributed by atoms with van der Waals surface area (Å²) >= 11 is 0. The molecule has 1 aromatic rings. The maximum absolute atomic E-state index is 6.44. The minimum Gasteiger partial charge on any atom is -0.487 e. The monoisotopic (exact) mass is 245 g/mol. The first-order chi connectivity index (χ1) is 8.68. The van der Waals surface area contributed by atoms with Crippen LogP contribution in [0.1, 0.15) is 49.8 Å². The normalized spacial score (nSPS) is 30.7. The van der Waals surface area contributed by atoms with E-state index < -0.39 is 0 Å². The highest BCUT2D eigenvalue weighted by molar-refractivity contribution is 5.42. The van der Waals surface area contributed by atoms with Crippen molar-refractivity contribution in [2.75, 3.05) is 7.05 Å². The van der Waals surface area contributed by atoms with Crippen LogP contribution in [-0.4, -0.2) is 12.6 Å². The Morgan fingerprint density at radius 2 is 2.17 bits per heavy atom. The van der Waals surface area contributed by atoms with Crippen molar-refractivity contribution in [2.24, 2.45) is 5.92 Å². The van der Waals surface area contributed by atoms with Crippen LogP contribution in [0.2, 0.25) is 0 Å². The van der Waals surface area contributed by atoms with Crippen LogP contribution < -0.4 is 10.1 Å². The minimum atomic E-state index is 0.0793. The molecule has 3 rings (SSSR count). The lowest BCUT2D eigenvalue weighted by molar-refractivity contribution is 0.00665. The standard InChI is InChI=1S/C16H23NO/c1-4-16(12-6-7-12)10-14(17-3)13-9-11(2)5-8-15(13)18-16/h5,8-9,12,14,17H,4,6-7,10H2,1-3H3. The summed E-state index contributed by atoms with van der Waals surface area (Å²) in [6.45, 7) is 4.42. The van der Waals surface area contributed by atoms with Gasteiger partial charge in [0.05, 0.1) is 0 Å². The molecule has 1 fully saturated rings. The van der Waals surface area contributed by atoms with E-state index in [-0.39, 0.29) is 5.60 Å². The first kappa shape index (κ1) is 12.0. The van der Waals surface area contributed by atoms with Crippen molar-refractivity contribution in [2.45, 2.75) is 51.2 Å². The van der Waals surface area contributed by atoms with E-state index in [0.29, 0.717) is 6.04 Å². The first-order valence-electron chi connectivity index (χ1n) is 7.15. The highest BCUT2D eigenvalue weighted by atomic mass is 16.5. The van der Waals surface area contributed by atoms with Crippen molar-refractivity contribution in [1.29, 1.82) is 0 Å². The second kappa shape index (κ2) is 4.27. The van der Waals surface area contributed by atoms with Crippen LogP contribution in [0.4, 0.5) is 0 Å². The Bertz CT molecular complexity index is 452. The van der Waals surface area contributed by atoms with Crippen LogP contribution in [-0.2, 0) is 0 Å². The van der Waals surface area contributed by atoms with Gasteiger partial charge in [-0.2, -0.15) is 0 Å². The van der Waals surface area contributed by atoms with Crippen molar-refractivity contribution in [3.63, 3.8) is 0 Å². The van der Waals surface area contributed by atoms with Gasteiger partial charge in [-0.3, -0.25) is 0 Å². The quantitative estimate of drug-likeness (QED) is 0.878. The van der Waals surface area contributed by atoms with Crippen molar-refractivity contribution in [3.05, 3.63) is 29.3 Å². The predicted molar refractivity (Wildman–Crippen MR) is 74.0 cm³/mol. The highest BCUT2D eigenvalue weighted by Gasteiger charge is 2.49. The van der Waals surface area contributed by atoms with Gasteiger partial charge in [-0.15, -0.1) is 0 Å². The van der Waals surface area contributed by atoms with Gasteiger partial charge in [0.25, 0.3) is 0 Å². The Labute approximate surface area is 110 Å². The zero-order chi connectivity index (χ0) is 12.8. The molecular weight excluding hydrogens is 222 g/mol. The second-order valence-corrected chi connectivity index (χ2v) is 5.88. The number of nitrogens with one attached hydrogen (secondary N) is 1. The maximum atomic E-state index is 6.44. The molecule has 1 saturated carbocycles. The van der Waals surface area contributed by atoms with E-state index in [2.05, 4.69) is 44.4 Å². The van der Waals surface area contributed by atoms with E-state index in [1.54, 1.807) is 0 Å². The topological polar surface area (TPSA) is 21.3 Å². The molecule has 1 aliphatic heterocycles. The molecule has 0 saturated heterocycles. The number of rotatable bonds is 3. The lowest BCUT2D eigenvalue weighted by Crippen LogP contribution is -2.45. The summed E-state index contributed by atoms with van der Waals surface area (Å²) in [7, 11) is 2.06. The summed E-state index contributed by atoms with van der Waals surface area (Å²) in [6.07, 6.45) is 4.90. The zero-order valence-corrected chi connectivity index (χ0v) is 11.6. The molecular formula is C16H23NO. The molecule has 0 aromatic heterocycles. The van der Waals surface area contributed by atoms with E-state index in [0.717, 1.165) is 24.5 Å². The van der Waals surface area contributed by atoms with Crippen LogP contribution in [0.25, 0.3) is 0 Å². The van der Waals surface area contributed by atoms with Crippen molar-refractivity contribution in [1.82, 2.24) is 5.32 Å². The Morgan fingerprint density at radius 1 is 1.39 bits per heavy atom. The summed E-state index contributed by atoms with van der Waals surface area (Å²) < 4.78 is 6.44. The number of hydrogen-bond donors (Lipinski definition) is 1. The predicted octanol–water partition coefficient (Wildman–Crippen LogP) is 3.60. The number of ether oxygens (including phenoxy) is 1. The summed E-state index contributed by atoms with van der Waals surface area (Å²) in [5, 5.41) is 3.48. The SMILES string of the molecule is CCC1(C2CC2)CC(NC)c2cc(C)ccc2O1. The molecule has 2 nitrogen and oxygen atoms in total. The van der Waals surface area contributed by atoms with Crippen molar-refractivity contribution >= 4 is 0 Å². The largest absolute Gasteiger partial charge is 0.487 e. The number of aryl methyl sites for hydroxylation is 1. The smallest absolute Gasteiger partial charge is 0.124 e. The van der Waals surface area contributed by atoms with Gasteiger partial charge in [0, 0.05) is 18.0 Å². The molecule has 2 unspecified atom stereocenters. The van der Waals surface area contributed by atoms with Gasteiger partial charge in [0.2, 0.25) is 0 Å². The Balaban J connectivity index is 2.00. The molecule has 1 aromatic carbocycles. The summed E-state index contributed by atoms with van der Waals surface area (Å²) in [4.78, 5) is 0. The van der Waals surface area contributed by atoms with Crippen LogP contribution in [0.3, 0.4) is 0 Å². The fourth-order valence-corrected chi connectivity index (χ4v) is 3.37. The van der Waals surface area contributed by atoms with Gasteiger partial charge in [-0.05, 0) is 45.2 Å². The minimum absolute atomic E-state index is 0.0793. The van der Waals surface area contributed by atoms with Crippen LogP contribution in [0.5, 0.6) is 5.75 Å². The number of benzene rings is 1. The lowest BCUT2D eigenvalue weighted by atomic mass is 9.81. The zero-order valence-electron chi connectivity index (χ0n) is 11.6. The van der Waals surface area contributed by atoms with E-state index >= 15 is 0 Å². The summed E-state index contributed by atoms with van der Waals surface area (Å²) in [5.41, 5.74) is 2.73. The molecule has 2 aliphatic rings. The molecule has 1 N–H and O–H groups in total. The lowest BCUT2D eigenvalue weighted by Gasteiger charge is -2.42. The van der Waals surface area contributed by atoms with Gasteiger partial charge in [0.15, 0.2) is 0 Å². The fourth-order valence-electron chi connectivity index (χ4n) is 3.37. The Kier molecular flexibility index (Phi) is 2.86. The van der Waals surface area contributed by atoms with Gasteiger partial charge in [-0.1, -0.05) is 24.6 Å². The van der Waals surface area contributed by atoms with Gasteiger partial charge in [0.1, 0.15) is 11.4 Å². The Morgan fingerprint density at radius 3 is 2.78 bits per heavy atom. The summed E-state index contributed by atoms with van der Waals surface area (Å²) in [6, 6.07) is 7.02. The van der Waals surface area contributed by atoms with E-state index in [4.69, 9.17) is 4.74 Å². The molecule has 0 bridgehead atoms. The van der Waals surface area contributed by atoms with Crippen LogP contribution in [0, 0.1) is 12.8 Å². The van der Waals surface area contributed by atoms with Crippen molar-refractivity contribution in [3.8, 4) is 5.75 Å². The van der Waals surface area contributed by atoms with E-state index in [1.807, 2.05) is 0 Å². The van der Waals surface area contributed by atoms with Crippen molar-refractivity contribution < 1.29 is 4.74 Å². The van der Waals surface area contributed by atoms with Crippen LogP contribution in [0.15, 0.2) is 18.2 Å². The third kappa shape index (κ3) is 1.83. The maximum Gasteiger partial charge on any atom is 0.124 e. The fraction of sp³-hybridized carbons (Fsp3) is 0.625. The van der Waals surface area contributed by atoms with Crippen LogP contribution >= 0.6 is 0 Å². The summed E-state index contributed by atoms with van der Waals surface area (Å²) in [5.74, 6) is 1.87. The number of hydrogen-bond acceptors (Lipinski definition) is 2. The molecule has 2 atom stereocenters. The molecule has 0 radical (unpaired) electrons. The third-order valence-electron chi connectivity index (χ3n) is 4.67. The molecule has 98 valence electrons. The Hall–Kier alpha value is -1.02. The van der Waals surface area contributed by atoms with Gasteiger partial charge >= 0.3 is 0 Å².